The van der Waals surface area contributed by atoms with Gasteiger partial charge in [-0.05, 0) is 30.5 Å². The summed E-state index contributed by atoms with van der Waals surface area (Å²) in [7, 11) is 0. The molecular weight excluding hydrogens is 209 g/mol. The molecule has 2 rings (SSSR count). The Morgan fingerprint density at radius 1 is 1.38 bits per heavy atom. The summed E-state index contributed by atoms with van der Waals surface area (Å²) in [5, 5.41) is 9.11. The van der Waals surface area contributed by atoms with E-state index in [4.69, 9.17) is 5.11 Å². The Kier molecular flexibility index (Phi) is 3.19. The fourth-order valence-corrected chi connectivity index (χ4v) is 1.87. The van der Waals surface area contributed by atoms with Crippen molar-refractivity contribution in [2.75, 3.05) is 13.1 Å². The molecule has 1 aromatic carbocycles. The summed E-state index contributed by atoms with van der Waals surface area (Å²) in [6.07, 6.45) is 1.50. The van der Waals surface area contributed by atoms with Crippen molar-refractivity contribution in [2.45, 2.75) is 18.9 Å². The second-order valence-electron chi connectivity index (χ2n) is 4.07. The molecule has 1 fully saturated rings. The summed E-state index contributed by atoms with van der Waals surface area (Å²) in [6.45, 7) is 1.69. The molecule has 1 aliphatic rings. The number of likely N-dealkylation sites (tertiary alicyclic amines) is 1. The third-order valence-electron chi connectivity index (χ3n) is 2.96. The van der Waals surface area contributed by atoms with Gasteiger partial charge in [0.05, 0.1) is 0 Å². The lowest BCUT2D eigenvalue weighted by molar-refractivity contribution is -0.144. The van der Waals surface area contributed by atoms with Gasteiger partial charge in [0.2, 0.25) is 0 Å². The van der Waals surface area contributed by atoms with E-state index in [0.717, 1.165) is 25.1 Å². The van der Waals surface area contributed by atoms with E-state index in [2.05, 4.69) is 0 Å². The second-order valence-corrected chi connectivity index (χ2v) is 4.07. The van der Waals surface area contributed by atoms with Crippen molar-refractivity contribution >= 4 is 5.97 Å². The third kappa shape index (κ3) is 2.39. The van der Waals surface area contributed by atoms with Crippen LogP contribution in [0.1, 0.15) is 12.0 Å². The predicted molar refractivity (Wildman–Crippen MR) is 57.7 cm³/mol. The quantitative estimate of drug-likeness (QED) is 0.841. The van der Waals surface area contributed by atoms with Gasteiger partial charge < -0.3 is 5.11 Å². The number of aliphatic carboxylic acids is 1. The summed E-state index contributed by atoms with van der Waals surface area (Å²) < 4.78 is 12.7. The van der Waals surface area contributed by atoms with Crippen LogP contribution in [0.25, 0.3) is 0 Å². The fraction of sp³-hybridized carbons (Fsp3) is 0.417. The van der Waals surface area contributed by atoms with Crippen molar-refractivity contribution in [3.63, 3.8) is 0 Å². The number of carboxylic acid groups (broad SMARTS) is 1. The molecule has 1 aliphatic heterocycles. The minimum atomic E-state index is -0.802. The number of nitrogens with zero attached hydrogens (tertiary/aromatic N) is 1. The average molecular weight is 223 g/mol. The zero-order valence-corrected chi connectivity index (χ0v) is 8.90. The van der Waals surface area contributed by atoms with Gasteiger partial charge in [0, 0.05) is 13.1 Å². The van der Waals surface area contributed by atoms with Crippen molar-refractivity contribution in [3.05, 3.63) is 35.6 Å². The van der Waals surface area contributed by atoms with E-state index in [1.165, 1.54) is 12.1 Å². The lowest BCUT2D eigenvalue weighted by Crippen LogP contribution is -2.50. The molecule has 1 atom stereocenters. The Balaban J connectivity index is 2.04. The molecule has 0 bridgehead atoms. The lowest BCUT2D eigenvalue weighted by atomic mass is 10.0. The van der Waals surface area contributed by atoms with Gasteiger partial charge in [-0.25, -0.2) is 4.39 Å². The molecule has 1 unspecified atom stereocenters. The number of carbonyl (C=O) groups is 1. The Morgan fingerprint density at radius 3 is 2.44 bits per heavy atom. The number of benzene rings is 1. The molecule has 3 nitrogen and oxygen atoms in total. The normalized spacial score (nSPS) is 17.8. The van der Waals surface area contributed by atoms with Crippen LogP contribution in [0, 0.1) is 5.82 Å². The van der Waals surface area contributed by atoms with Gasteiger partial charge in [0.1, 0.15) is 11.9 Å². The largest absolute Gasteiger partial charge is 0.480 e. The highest BCUT2D eigenvalue weighted by Gasteiger charge is 2.29. The Morgan fingerprint density at radius 2 is 2.00 bits per heavy atom. The maximum atomic E-state index is 12.7. The van der Waals surface area contributed by atoms with Crippen LogP contribution >= 0.6 is 0 Å². The van der Waals surface area contributed by atoms with Crippen LogP contribution in [-0.2, 0) is 11.2 Å². The first-order valence-corrected chi connectivity index (χ1v) is 5.38. The van der Waals surface area contributed by atoms with E-state index in [1.54, 1.807) is 12.1 Å². The molecule has 0 aliphatic carbocycles. The van der Waals surface area contributed by atoms with Crippen LogP contribution in [0.15, 0.2) is 24.3 Å². The van der Waals surface area contributed by atoms with E-state index >= 15 is 0 Å². The van der Waals surface area contributed by atoms with E-state index in [0.29, 0.717) is 6.42 Å². The van der Waals surface area contributed by atoms with E-state index in [1.807, 2.05) is 4.90 Å². The minimum absolute atomic E-state index is 0.292. The molecule has 0 spiro atoms. The van der Waals surface area contributed by atoms with E-state index in [-0.39, 0.29) is 5.82 Å². The predicted octanol–water partition coefficient (Wildman–Crippen LogP) is 1.53. The summed E-state index contributed by atoms with van der Waals surface area (Å²) in [4.78, 5) is 13.0. The summed E-state index contributed by atoms with van der Waals surface area (Å²) in [5.41, 5.74) is 0.862. The zero-order valence-electron chi connectivity index (χ0n) is 8.90. The summed E-state index contributed by atoms with van der Waals surface area (Å²) in [6, 6.07) is 5.55. The average Bonchev–Trinajstić information content (AvgIpc) is 2.17. The number of hydrogen-bond donors (Lipinski definition) is 1. The number of halogens is 1. The smallest absolute Gasteiger partial charge is 0.321 e. The molecule has 1 aromatic rings. The van der Waals surface area contributed by atoms with Crippen molar-refractivity contribution in [1.82, 2.24) is 4.90 Å². The maximum absolute atomic E-state index is 12.7. The molecule has 1 N–H and O–H groups in total. The van der Waals surface area contributed by atoms with Crippen molar-refractivity contribution < 1.29 is 14.3 Å². The molecule has 4 heteroatoms. The van der Waals surface area contributed by atoms with E-state index in [9.17, 15) is 9.18 Å². The highest BCUT2D eigenvalue weighted by Crippen LogP contribution is 2.16. The van der Waals surface area contributed by atoms with Crippen LogP contribution in [0.4, 0.5) is 4.39 Å². The summed E-state index contributed by atoms with van der Waals surface area (Å²) >= 11 is 0. The SMILES string of the molecule is O=C(O)C(Cc1ccc(F)cc1)N1CCC1. The first-order valence-electron chi connectivity index (χ1n) is 5.38. The van der Waals surface area contributed by atoms with Crippen LogP contribution in [-0.4, -0.2) is 35.1 Å². The highest BCUT2D eigenvalue weighted by molar-refractivity contribution is 5.74. The van der Waals surface area contributed by atoms with Gasteiger partial charge in [-0.15, -0.1) is 0 Å². The topological polar surface area (TPSA) is 40.5 Å². The first-order chi connectivity index (χ1) is 7.66. The van der Waals surface area contributed by atoms with Crippen molar-refractivity contribution in [2.24, 2.45) is 0 Å². The van der Waals surface area contributed by atoms with Crippen molar-refractivity contribution in [3.8, 4) is 0 Å². The first kappa shape index (κ1) is 11.1. The molecule has 16 heavy (non-hydrogen) atoms. The zero-order chi connectivity index (χ0) is 11.5. The maximum Gasteiger partial charge on any atom is 0.321 e. The van der Waals surface area contributed by atoms with Crippen LogP contribution in [0.3, 0.4) is 0 Å². The van der Waals surface area contributed by atoms with Gasteiger partial charge >= 0.3 is 5.97 Å². The standard InChI is InChI=1S/C12H14FNO2/c13-10-4-2-9(3-5-10)8-11(12(15)16)14-6-1-7-14/h2-5,11H,1,6-8H2,(H,15,16). The molecular formula is C12H14FNO2. The van der Waals surface area contributed by atoms with Gasteiger partial charge in [-0.3, -0.25) is 9.69 Å². The fourth-order valence-electron chi connectivity index (χ4n) is 1.87. The van der Waals surface area contributed by atoms with Gasteiger partial charge in [0.15, 0.2) is 0 Å². The molecule has 0 saturated carbocycles. The monoisotopic (exact) mass is 223 g/mol. The third-order valence-corrected chi connectivity index (χ3v) is 2.96. The number of carboxylic acids is 1. The summed E-state index contributed by atoms with van der Waals surface area (Å²) in [5.74, 6) is -1.09. The molecule has 1 heterocycles. The molecule has 1 saturated heterocycles. The van der Waals surface area contributed by atoms with E-state index < -0.39 is 12.0 Å². The van der Waals surface area contributed by atoms with Crippen molar-refractivity contribution in [1.29, 1.82) is 0 Å². The minimum Gasteiger partial charge on any atom is -0.480 e. The highest BCUT2D eigenvalue weighted by atomic mass is 19.1. The molecule has 0 radical (unpaired) electrons. The molecule has 0 aromatic heterocycles. The molecule has 0 amide bonds. The number of rotatable bonds is 4. The lowest BCUT2D eigenvalue weighted by Gasteiger charge is -2.36. The molecule has 86 valence electrons. The van der Waals surface area contributed by atoms with Crippen LogP contribution in [0.5, 0.6) is 0 Å². The Labute approximate surface area is 93.5 Å². The Bertz CT molecular complexity index is 373. The van der Waals surface area contributed by atoms with Gasteiger partial charge in [0.25, 0.3) is 0 Å². The van der Waals surface area contributed by atoms with Gasteiger partial charge in [-0.1, -0.05) is 12.1 Å². The Hall–Kier alpha value is -1.42. The van der Waals surface area contributed by atoms with Crippen LogP contribution in [0.2, 0.25) is 0 Å². The second kappa shape index (κ2) is 4.61. The number of hydrogen-bond acceptors (Lipinski definition) is 2. The van der Waals surface area contributed by atoms with Crippen LogP contribution < -0.4 is 0 Å². The van der Waals surface area contributed by atoms with Gasteiger partial charge in [-0.2, -0.15) is 0 Å².